The number of H-pyrrole nitrogens is 1. The van der Waals surface area contributed by atoms with Crippen molar-refractivity contribution in [2.75, 3.05) is 0 Å². The predicted octanol–water partition coefficient (Wildman–Crippen LogP) is 4.46. The van der Waals surface area contributed by atoms with Gasteiger partial charge in [-0.15, -0.1) is 22.7 Å². The molecule has 0 aliphatic carbocycles. The van der Waals surface area contributed by atoms with Crippen LogP contribution in [0.4, 0.5) is 0 Å². The smallest absolute Gasteiger partial charge is 0.259 e. The summed E-state index contributed by atoms with van der Waals surface area (Å²) in [7, 11) is 0. The van der Waals surface area contributed by atoms with Crippen LogP contribution in [0, 0.1) is 13.8 Å². The van der Waals surface area contributed by atoms with Crippen molar-refractivity contribution in [3.05, 3.63) is 44.4 Å². The molecule has 5 nitrogen and oxygen atoms in total. The minimum atomic E-state index is -0.0623. The molecule has 4 aromatic heterocycles. The first-order chi connectivity index (χ1) is 11.5. The lowest BCUT2D eigenvalue weighted by Crippen LogP contribution is -2.12. The maximum Gasteiger partial charge on any atom is 0.259 e. The van der Waals surface area contributed by atoms with E-state index in [0.717, 1.165) is 30.5 Å². The number of rotatable bonds is 3. The number of aromatic nitrogens is 4. The summed E-state index contributed by atoms with van der Waals surface area (Å²) in [6.45, 7) is 6.02. The van der Waals surface area contributed by atoms with Crippen LogP contribution in [0.15, 0.2) is 27.6 Å². The molecule has 0 aliphatic heterocycles. The van der Waals surface area contributed by atoms with E-state index in [-0.39, 0.29) is 10.8 Å². The number of thiophene rings is 2. The quantitative estimate of drug-likeness (QED) is 0.423. The molecule has 4 heterocycles. The highest BCUT2D eigenvalue weighted by molar-refractivity contribution is 7.99. The summed E-state index contributed by atoms with van der Waals surface area (Å²) in [4.78, 5) is 31.6. The van der Waals surface area contributed by atoms with E-state index in [1.54, 1.807) is 40.8 Å². The SMILES string of the molecule is Cc1sc2nc([C@@H](C)Sc3ncnc4sccc34)[nH]c(=O)c2c1C. The number of fused-ring (bicyclic) bond motifs is 2. The maximum atomic E-state index is 12.4. The van der Waals surface area contributed by atoms with Crippen LogP contribution in [0.2, 0.25) is 0 Å². The summed E-state index contributed by atoms with van der Waals surface area (Å²) >= 11 is 4.75. The summed E-state index contributed by atoms with van der Waals surface area (Å²) in [6.07, 6.45) is 1.58. The van der Waals surface area contributed by atoms with Gasteiger partial charge in [0.2, 0.25) is 0 Å². The van der Waals surface area contributed by atoms with Crippen LogP contribution < -0.4 is 5.56 Å². The lowest BCUT2D eigenvalue weighted by molar-refractivity contribution is 0.921. The van der Waals surface area contributed by atoms with Gasteiger partial charge in [0.15, 0.2) is 0 Å². The molecule has 8 heteroatoms. The first-order valence-electron chi connectivity index (χ1n) is 7.39. The van der Waals surface area contributed by atoms with Crippen molar-refractivity contribution < 1.29 is 0 Å². The Morgan fingerprint density at radius 1 is 1.25 bits per heavy atom. The van der Waals surface area contributed by atoms with E-state index >= 15 is 0 Å². The van der Waals surface area contributed by atoms with E-state index in [9.17, 15) is 4.79 Å². The van der Waals surface area contributed by atoms with Crippen molar-refractivity contribution in [1.29, 1.82) is 0 Å². The third kappa shape index (κ3) is 2.54. The molecular formula is C16H14N4OS3. The molecule has 0 saturated heterocycles. The highest BCUT2D eigenvalue weighted by Crippen LogP contribution is 2.37. The number of nitrogens with one attached hydrogen (secondary N) is 1. The normalized spacial score (nSPS) is 13.0. The second kappa shape index (κ2) is 5.94. The molecule has 1 atom stereocenters. The Balaban J connectivity index is 1.74. The third-order valence-corrected chi connectivity index (χ3v) is 7.00. The fourth-order valence-corrected chi connectivity index (χ4v) is 5.34. The third-order valence-electron chi connectivity index (χ3n) is 3.96. The van der Waals surface area contributed by atoms with Crippen molar-refractivity contribution >= 4 is 54.9 Å². The molecular weight excluding hydrogens is 360 g/mol. The van der Waals surface area contributed by atoms with E-state index in [4.69, 9.17) is 0 Å². The van der Waals surface area contributed by atoms with Crippen molar-refractivity contribution in [1.82, 2.24) is 19.9 Å². The molecule has 0 radical (unpaired) electrons. The molecule has 1 N–H and O–H groups in total. The number of hydrogen-bond acceptors (Lipinski definition) is 7. The van der Waals surface area contributed by atoms with Crippen LogP contribution in [0.5, 0.6) is 0 Å². The molecule has 0 bridgehead atoms. The Kier molecular flexibility index (Phi) is 3.90. The van der Waals surface area contributed by atoms with Gasteiger partial charge in [-0.05, 0) is 37.8 Å². The highest BCUT2D eigenvalue weighted by atomic mass is 32.2. The van der Waals surface area contributed by atoms with E-state index in [1.807, 2.05) is 32.2 Å². The molecule has 0 unspecified atom stereocenters. The van der Waals surface area contributed by atoms with Gasteiger partial charge in [-0.2, -0.15) is 0 Å². The van der Waals surface area contributed by atoms with Crippen LogP contribution in [-0.2, 0) is 0 Å². The molecule has 0 saturated carbocycles. The lowest BCUT2D eigenvalue weighted by Gasteiger charge is -2.10. The maximum absolute atomic E-state index is 12.4. The monoisotopic (exact) mass is 374 g/mol. The average Bonchev–Trinajstić information content (AvgIpc) is 3.13. The fourth-order valence-electron chi connectivity index (χ4n) is 2.55. The molecule has 0 aliphatic rings. The van der Waals surface area contributed by atoms with Gasteiger partial charge < -0.3 is 4.98 Å². The zero-order valence-electron chi connectivity index (χ0n) is 13.3. The summed E-state index contributed by atoms with van der Waals surface area (Å²) in [5, 5.41) is 4.67. The van der Waals surface area contributed by atoms with E-state index in [2.05, 4.69) is 19.9 Å². The first-order valence-corrected chi connectivity index (χ1v) is 9.97. The molecule has 24 heavy (non-hydrogen) atoms. The molecule has 122 valence electrons. The number of thioether (sulfide) groups is 1. The highest BCUT2D eigenvalue weighted by Gasteiger charge is 2.17. The largest absolute Gasteiger partial charge is 0.309 e. The second-order valence-corrected chi connectivity index (χ2v) is 8.92. The van der Waals surface area contributed by atoms with Gasteiger partial charge in [0.25, 0.3) is 5.56 Å². The Bertz CT molecular complexity index is 1110. The van der Waals surface area contributed by atoms with Gasteiger partial charge in [-0.1, -0.05) is 11.8 Å². The Hall–Kier alpha value is -1.77. The van der Waals surface area contributed by atoms with Crippen molar-refractivity contribution in [2.24, 2.45) is 0 Å². The van der Waals surface area contributed by atoms with Gasteiger partial charge in [0.1, 0.15) is 26.8 Å². The fraction of sp³-hybridized carbons (Fsp3) is 0.250. The molecule has 0 aromatic carbocycles. The van der Waals surface area contributed by atoms with Crippen LogP contribution in [0.3, 0.4) is 0 Å². The Labute approximate surface area is 150 Å². The van der Waals surface area contributed by atoms with Crippen LogP contribution in [0.1, 0.15) is 28.4 Å². The minimum absolute atomic E-state index is 0.0113. The van der Waals surface area contributed by atoms with Gasteiger partial charge >= 0.3 is 0 Å². The van der Waals surface area contributed by atoms with Crippen molar-refractivity contribution in [2.45, 2.75) is 31.0 Å². The number of aryl methyl sites for hydroxylation is 2. The van der Waals surface area contributed by atoms with Crippen LogP contribution >= 0.6 is 34.4 Å². The molecule has 0 spiro atoms. The number of hydrogen-bond donors (Lipinski definition) is 1. The van der Waals surface area contributed by atoms with Crippen LogP contribution in [-0.4, -0.2) is 19.9 Å². The number of nitrogens with zero attached hydrogens (tertiary/aromatic N) is 3. The molecule has 0 amide bonds. The van der Waals surface area contributed by atoms with Crippen molar-refractivity contribution in [3.63, 3.8) is 0 Å². The lowest BCUT2D eigenvalue weighted by atomic mass is 10.2. The topological polar surface area (TPSA) is 71.5 Å². The Morgan fingerprint density at radius 3 is 2.92 bits per heavy atom. The zero-order valence-corrected chi connectivity index (χ0v) is 15.7. The van der Waals surface area contributed by atoms with E-state index in [0.29, 0.717) is 11.2 Å². The predicted molar refractivity (Wildman–Crippen MR) is 101 cm³/mol. The van der Waals surface area contributed by atoms with E-state index < -0.39 is 0 Å². The Morgan fingerprint density at radius 2 is 2.08 bits per heavy atom. The molecule has 4 rings (SSSR count). The minimum Gasteiger partial charge on any atom is -0.309 e. The standard InChI is InChI=1S/C16H14N4OS3/c1-7-8(2)23-16-11(7)13(21)19-12(20-16)9(3)24-15-10-4-5-22-14(10)17-6-18-15/h4-6,9H,1-3H3,(H,19,20,21)/t9-/m1/s1. The van der Waals surface area contributed by atoms with Gasteiger partial charge in [0.05, 0.1) is 10.6 Å². The summed E-state index contributed by atoms with van der Waals surface area (Å²) in [6, 6.07) is 2.03. The molecule has 0 fully saturated rings. The summed E-state index contributed by atoms with van der Waals surface area (Å²) in [5.74, 6) is 0.681. The first kappa shape index (κ1) is 15.7. The van der Waals surface area contributed by atoms with Gasteiger partial charge in [-0.25, -0.2) is 15.0 Å². The van der Waals surface area contributed by atoms with Gasteiger partial charge in [-0.3, -0.25) is 4.79 Å². The van der Waals surface area contributed by atoms with Gasteiger partial charge in [0, 0.05) is 10.3 Å². The van der Waals surface area contributed by atoms with Crippen molar-refractivity contribution in [3.8, 4) is 0 Å². The van der Waals surface area contributed by atoms with Crippen LogP contribution in [0.25, 0.3) is 20.4 Å². The average molecular weight is 375 g/mol. The molecule has 4 aromatic rings. The second-order valence-electron chi connectivity index (χ2n) is 5.49. The summed E-state index contributed by atoms with van der Waals surface area (Å²) < 4.78 is 0. The van der Waals surface area contributed by atoms with E-state index in [1.165, 1.54) is 0 Å². The number of aromatic amines is 1. The summed E-state index contributed by atoms with van der Waals surface area (Å²) in [5.41, 5.74) is 0.957. The zero-order chi connectivity index (χ0) is 16.8.